The van der Waals surface area contributed by atoms with E-state index in [9.17, 15) is 9.59 Å². The molecule has 3 aromatic carbocycles. The molecule has 1 aliphatic rings. The summed E-state index contributed by atoms with van der Waals surface area (Å²) in [4.78, 5) is 29.3. The fraction of sp³-hybridized carbons (Fsp3) is 0.161. The Kier molecular flexibility index (Phi) is 7.61. The van der Waals surface area contributed by atoms with E-state index < -0.39 is 0 Å². The third kappa shape index (κ3) is 6.15. The molecule has 1 fully saturated rings. The average Bonchev–Trinajstić information content (AvgIpc) is 3.42. The molecule has 0 spiro atoms. The Hall–Kier alpha value is -4.29. The van der Waals surface area contributed by atoms with Gasteiger partial charge in [0.1, 0.15) is 11.5 Å². The Morgan fingerprint density at radius 3 is 2.21 bits per heavy atom. The summed E-state index contributed by atoms with van der Waals surface area (Å²) in [5.41, 5.74) is 4.55. The summed E-state index contributed by atoms with van der Waals surface area (Å²) in [6.45, 7) is 4.87. The lowest BCUT2D eigenvalue weighted by Gasteiger charge is -2.36. The maximum Gasteiger partial charge on any atom is 0.253 e. The molecular formula is C31H28ClN3O3. The van der Waals surface area contributed by atoms with Crippen LogP contribution >= 0.6 is 11.6 Å². The monoisotopic (exact) mass is 525 g/mol. The van der Waals surface area contributed by atoms with Crippen LogP contribution in [0, 0.1) is 6.92 Å². The van der Waals surface area contributed by atoms with E-state index in [0.29, 0.717) is 35.3 Å². The molecule has 192 valence electrons. The Morgan fingerprint density at radius 1 is 0.842 bits per heavy atom. The number of hydrogen-bond acceptors (Lipinski definition) is 4. The minimum Gasteiger partial charge on any atom is -0.457 e. The maximum absolute atomic E-state index is 12.8. The predicted molar refractivity (Wildman–Crippen MR) is 153 cm³/mol. The highest BCUT2D eigenvalue weighted by Crippen LogP contribution is 2.25. The molecule has 0 unspecified atom stereocenters. The zero-order chi connectivity index (χ0) is 26.5. The van der Waals surface area contributed by atoms with E-state index in [2.05, 4.69) is 10.2 Å². The average molecular weight is 526 g/mol. The topological polar surface area (TPSA) is 65.8 Å². The second-order valence-electron chi connectivity index (χ2n) is 9.22. The van der Waals surface area contributed by atoms with E-state index in [4.69, 9.17) is 16.0 Å². The van der Waals surface area contributed by atoms with Gasteiger partial charge in [-0.15, -0.1) is 0 Å². The molecule has 1 saturated heterocycles. The summed E-state index contributed by atoms with van der Waals surface area (Å²) in [6.07, 6.45) is 3.09. The predicted octanol–water partition coefficient (Wildman–Crippen LogP) is 6.52. The zero-order valence-corrected chi connectivity index (χ0v) is 21.8. The summed E-state index contributed by atoms with van der Waals surface area (Å²) in [5.74, 6) is 1.12. The summed E-state index contributed by atoms with van der Waals surface area (Å²) in [5, 5.41) is 3.54. The minimum absolute atomic E-state index is 0.0755. The van der Waals surface area contributed by atoms with Gasteiger partial charge in [-0.1, -0.05) is 29.3 Å². The Bertz CT molecular complexity index is 1430. The summed E-state index contributed by atoms with van der Waals surface area (Å²) < 4.78 is 5.81. The van der Waals surface area contributed by atoms with Crippen molar-refractivity contribution in [3.8, 4) is 11.3 Å². The van der Waals surface area contributed by atoms with Crippen LogP contribution in [0.15, 0.2) is 95.4 Å². The smallest absolute Gasteiger partial charge is 0.253 e. The van der Waals surface area contributed by atoms with Crippen molar-refractivity contribution in [3.63, 3.8) is 0 Å². The fourth-order valence-electron chi connectivity index (χ4n) is 4.36. The molecule has 0 atom stereocenters. The van der Waals surface area contributed by atoms with Gasteiger partial charge in [-0.3, -0.25) is 9.59 Å². The number of rotatable bonds is 6. The molecule has 1 aromatic heterocycles. The van der Waals surface area contributed by atoms with Crippen molar-refractivity contribution in [1.82, 2.24) is 4.90 Å². The van der Waals surface area contributed by atoms with Crippen molar-refractivity contribution < 1.29 is 14.0 Å². The zero-order valence-electron chi connectivity index (χ0n) is 21.1. The van der Waals surface area contributed by atoms with Gasteiger partial charge in [0.2, 0.25) is 5.91 Å². The Morgan fingerprint density at radius 2 is 1.53 bits per heavy atom. The van der Waals surface area contributed by atoms with Crippen molar-refractivity contribution in [2.24, 2.45) is 0 Å². The lowest BCUT2D eigenvalue weighted by molar-refractivity contribution is -0.111. The number of benzene rings is 3. The number of furan rings is 1. The molecule has 6 nitrogen and oxygen atoms in total. The van der Waals surface area contributed by atoms with Gasteiger partial charge in [-0.05, 0) is 85.8 Å². The van der Waals surface area contributed by atoms with E-state index in [-0.39, 0.29) is 11.8 Å². The first kappa shape index (κ1) is 25.4. The van der Waals surface area contributed by atoms with Crippen LogP contribution in [-0.4, -0.2) is 42.9 Å². The van der Waals surface area contributed by atoms with Crippen LogP contribution in [0.4, 0.5) is 11.4 Å². The number of carbonyl (C=O) groups is 2. The van der Waals surface area contributed by atoms with Crippen LogP contribution in [0.2, 0.25) is 5.02 Å². The maximum atomic E-state index is 12.8. The van der Waals surface area contributed by atoms with Crippen molar-refractivity contribution >= 4 is 40.9 Å². The van der Waals surface area contributed by atoms with E-state index >= 15 is 0 Å². The van der Waals surface area contributed by atoms with Crippen molar-refractivity contribution in [2.75, 3.05) is 36.4 Å². The van der Waals surface area contributed by atoms with E-state index in [1.54, 1.807) is 18.2 Å². The van der Waals surface area contributed by atoms with Gasteiger partial charge in [0.25, 0.3) is 5.91 Å². The molecule has 1 aliphatic heterocycles. The third-order valence-electron chi connectivity index (χ3n) is 6.52. The van der Waals surface area contributed by atoms with Gasteiger partial charge in [0.15, 0.2) is 0 Å². The number of aryl methyl sites for hydroxylation is 1. The van der Waals surface area contributed by atoms with Crippen LogP contribution in [0.5, 0.6) is 0 Å². The standard InChI is InChI=1S/C31H28ClN3O3/c1-22-2-4-24(5-3-22)31(37)35-20-18-34(19-21-35)27-12-10-26(11-13-27)33-30(36)17-15-28-14-16-29(38-28)23-6-8-25(32)9-7-23/h2-17H,18-21H2,1H3,(H,33,36)/b17-15+. The molecule has 38 heavy (non-hydrogen) atoms. The fourth-order valence-corrected chi connectivity index (χ4v) is 4.48. The van der Waals surface area contributed by atoms with Crippen LogP contribution in [-0.2, 0) is 4.79 Å². The SMILES string of the molecule is Cc1ccc(C(=O)N2CCN(c3ccc(NC(=O)/C=C/c4ccc(-c5ccc(Cl)cc5)o4)cc3)CC2)cc1. The molecule has 0 bridgehead atoms. The van der Waals surface area contributed by atoms with Crippen molar-refractivity contribution in [3.05, 3.63) is 113 Å². The molecule has 0 radical (unpaired) electrons. The number of piperazine rings is 1. The van der Waals surface area contributed by atoms with Gasteiger partial charge in [-0.25, -0.2) is 0 Å². The molecule has 0 aliphatic carbocycles. The Balaban J connectivity index is 1.12. The summed E-state index contributed by atoms with van der Waals surface area (Å²) in [6, 6.07) is 26.5. The molecule has 0 saturated carbocycles. The first-order valence-electron chi connectivity index (χ1n) is 12.5. The number of anilines is 2. The number of carbonyl (C=O) groups excluding carboxylic acids is 2. The molecule has 4 aromatic rings. The van der Waals surface area contributed by atoms with Crippen molar-refractivity contribution in [2.45, 2.75) is 6.92 Å². The van der Waals surface area contributed by atoms with Gasteiger partial charge < -0.3 is 19.5 Å². The van der Waals surface area contributed by atoms with Gasteiger partial charge >= 0.3 is 0 Å². The molecule has 7 heteroatoms. The number of hydrogen-bond donors (Lipinski definition) is 1. The van der Waals surface area contributed by atoms with Crippen LogP contribution in [0.25, 0.3) is 17.4 Å². The number of nitrogens with zero attached hydrogens (tertiary/aromatic N) is 2. The van der Waals surface area contributed by atoms with E-state index in [1.165, 1.54) is 6.08 Å². The molecule has 1 N–H and O–H groups in total. The number of nitrogens with one attached hydrogen (secondary N) is 1. The highest BCUT2D eigenvalue weighted by Gasteiger charge is 2.22. The lowest BCUT2D eigenvalue weighted by Crippen LogP contribution is -2.48. The van der Waals surface area contributed by atoms with Gasteiger partial charge in [0.05, 0.1) is 0 Å². The first-order chi connectivity index (χ1) is 18.4. The second-order valence-corrected chi connectivity index (χ2v) is 9.66. The van der Waals surface area contributed by atoms with Crippen LogP contribution in [0.3, 0.4) is 0 Å². The lowest BCUT2D eigenvalue weighted by atomic mass is 10.1. The molecular weight excluding hydrogens is 498 g/mol. The van der Waals surface area contributed by atoms with Crippen molar-refractivity contribution in [1.29, 1.82) is 0 Å². The first-order valence-corrected chi connectivity index (χ1v) is 12.9. The third-order valence-corrected chi connectivity index (χ3v) is 6.77. The molecule has 2 amide bonds. The van der Waals surface area contributed by atoms with Crippen LogP contribution in [0.1, 0.15) is 21.7 Å². The minimum atomic E-state index is -0.245. The van der Waals surface area contributed by atoms with E-state index in [1.807, 2.05) is 84.6 Å². The summed E-state index contributed by atoms with van der Waals surface area (Å²) >= 11 is 5.94. The van der Waals surface area contributed by atoms with Crippen LogP contribution < -0.4 is 10.2 Å². The number of amides is 2. The van der Waals surface area contributed by atoms with E-state index in [0.717, 1.165) is 35.5 Å². The Labute approximate surface area is 227 Å². The molecule has 5 rings (SSSR count). The largest absolute Gasteiger partial charge is 0.457 e. The normalized spacial score (nSPS) is 13.6. The molecule has 2 heterocycles. The van der Waals surface area contributed by atoms with Gasteiger partial charge in [-0.2, -0.15) is 0 Å². The van der Waals surface area contributed by atoms with Gasteiger partial charge in [0, 0.05) is 59.8 Å². The highest BCUT2D eigenvalue weighted by molar-refractivity contribution is 6.30. The number of halogens is 1. The quantitative estimate of drug-likeness (QED) is 0.291. The second kappa shape index (κ2) is 11.4. The highest BCUT2D eigenvalue weighted by atomic mass is 35.5. The summed E-state index contributed by atoms with van der Waals surface area (Å²) in [7, 11) is 0.